The van der Waals surface area contributed by atoms with Gasteiger partial charge in [0.05, 0.1) is 106 Å². The maximum absolute atomic E-state index is 12.0. The third kappa shape index (κ3) is 22.2. The number of aliphatic hydroxyl groups excluding tert-OH is 3. The Morgan fingerprint density at radius 3 is 1.08 bits per heavy atom. The highest BCUT2D eigenvalue weighted by Gasteiger charge is 2.54. The Balaban J connectivity index is 0.000000142. The Hall–Kier alpha value is -7.32. The summed E-state index contributed by atoms with van der Waals surface area (Å²) in [7, 11) is -6.55. The number of rotatable bonds is 28. The number of benzene rings is 3. The normalized spacial score (nSPS) is 23.5. The molecule has 688 valence electrons. The first-order valence-electron chi connectivity index (χ1n) is 43.3. The topological polar surface area (TPSA) is 337 Å². The van der Waals surface area contributed by atoms with Gasteiger partial charge in [-0.3, -0.25) is 23.7 Å². The van der Waals surface area contributed by atoms with Crippen LogP contribution in [0.4, 0.5) is 5.69 Å². The predicted molar refractivity (Wildman–Crippen MR) is 508 cm³/mol. The average Bonchev–Trinajstić information content (AvgIpc) is 1.63. The van der Waals surface area contributed by atoms with Gasteiger partial charge in [0.15, 0.2) is 35.3 Å². The maximum atomic E-state index is 12.0. The fourth-order valence-electron chi connectivity index (χ4n) is 15.7. The minimum Gasteiger partial charge on any atom is -0.456 e. The Kier molecular flexibility index (Phi) is 28.6. The number of pyridine rings is 5. The zero-order valence-corrected chi connectivity index (χ0v) is 82.7. The number of nitrogens with zero attached hydrogens (tertiary/aromatic N) is 12. The molecule has 0 aliphatic carbocycles. The van der Waals surface area contributed by atoms with Gasteiger partial charge in [-0.05, 0) is 110 Å². The van der Waals surface area contributed by atoms with Gasteiger partial charge in [-0.25, -0.2) is 19.2 Å². The first kappa shape index (κ1) is 94.9. The number of ether oxygens (including phenoxy) is 12. The van der Waals surface area contributed by atoms with Crippen molar-refractivity contribution in [1.29, 1.82) is 0 Å². The SMILES string of the molecule is CC1(C)OB(c2ccc(-c3nc4c(cc3Cl)nc(O[C@@H]3CO[C@H]5[C@@H]3OC[C@H]5O)n4COCC[Si](C)(C)C)cc2)OC1(C)C.C[Si](C)(C)CCOCn1c(O[C@@H]2CO[C@H]3[C@@H]2OC[C@H]3O)nc2cc(Cl)c(-c3ccc(-c4ccc(Br)cn4)cc3)nc21.C[Si](C)(C)CCOCn1c(O[C@@H]2CO[C@H]3[C@@H]2OC[C@H]3O)nc2cc(Cl)c(-c3ccc(-c4ccc(N=S(C)(C)=O)cn4)cc3)nc21. The summed E-state index contributed by atoms with van der Waals surface area (Å²) < 4.78 is 107. The molecular weight excluding hydrogens is 1850 g/mol. The average molecular weight is 1960 g/mol. The van der Waals surface area contributed by atoms with Crippen LogP contribution in [0, 0.1) is 0 Å². The first-order valence-corrected chi connectivity index (χ1v) is 58.7. The molecule has 7 aliphatic rings. The van der Waals surface area contributed by atoms with E-state index in [1.54, 1.807) is 49.2 Å². The molecule has 0 spiro atoms. The number of imidazole rings is 3. The molecule has 12 atom stereocenters. The second-order valence-corrected chi connectivity index (χ2v) is 59.9. The molecule has 15 heterocycles. The van der Waals surface area contributed by atoms with E-state index >= 15 is 0 Å². The molecule has 8 aromatic heterocycles. The quantitative estimate of drug-likeness (QED) is 0.0303. The van der Waals surface area contributed by atoms with Crippen molar-refractivity contribution in [2.24, 2.45) is 4.36 Å². The second-order valence-electron chi connectivity index (χ2n) is 38.4. The monoisotopic (exact) mass is 1960 g/mol. The Morgan fingerprint density at radius 2 is 0.767 bits per heavy atom. The van der Waals surface area contributed by atoms with Gasteiger partial charge in [0, 0.05) is 105 Å². The van der Waals surface area contributed by atoms with E-state index in [0.717, 1.165) is 67.3 Å². The lowest BCUT2D eigenvalue weighted by molar-refractivity contribution is 0.00332. The Labute approximate surface area is 777 Å². The Bertz CT molecular complexity index is 5930. The summed E-state index contributed by atoms with van der Waals surface area (Å²) in [6.45, 7) is 33.0. The zero-order chi connectivity index (χ0) is 91.4. The van der Waals surface area contributed by atoms with Gasteiger partial charge in [0.1, 0.15) is 91.7 Å². The van der Waals surface area contributed by atoms with Gasteiger partial charge in [-0.1, -0.05) is 167 Å². The molecule has 11 aromatic rings. The number of aromatic nitrogens is 11. The van der Waals surface area contributed by atoms with E-state index in [-0.39, 0.29) is 64.9 Å². The molecule has 0 unspecified atom stereocenters. The molecule has 0 bridgehead atoms. The number of hydrogen-bond acceptors (Lipinski definition) is 27. The smallest absolute Gasteiger partial charge is 0.456 e. The van der Waals surface area contributed by atoms with Crippen LogP contribution in [0.3, 0.4) is 0 Å². The third-order valence-electron chi connectivity index (χ3n) is 23.7. The second kappa shape index (κ2) is 38.9. The van der Waals surface area contributed by atoms with Crippen LogP contribution in [-0.2, 0) is 81.9 Å². The molecular formula is C90H111BBrCl3N12O18SSi3. The molecule has 0 saturated carbocycles. The predicted octanol–water partition coefficient (Wildman–Crippen LogP) is 15.5. The van der Waals surface area contributed by atoms with E-state index in [0.29, 0.717) is 122 Å². The number of hydrogen-bond donors (Lipinski definition) is 3. The van der Waals surface area contributed by atoms with E-state index in [1.165, 1.54) is 0 Å². The van der Waals surface area contributed by atoms with E-state index in [1.807, 2.05) is 132 Å². The zero-order valence-electron chi connectivity index (χ0n) is 75.0. The van der Waals surface area contributed by atoms with Crippen LogP contribution in [0.2, 0.25) is 92.1 Å². The largest absolute Gasteiger partial charge is 0.494 e. The van der Waals surface area contributed by atoms with Crippen LogP contribution in [0.15, 0.2) is 136 Å². The Morgan fingerprint density at radius 1 is 0.450 bits per heavy atom. The number of aliphatic hydroxyl groups is 3. The maximum Gasteiger partial charge on any atom is 0.494 e. The van der Waals surface area contributed by atoms with Crippen LogP contribution in [0.25, 0.3) is 89.8 Å². The summed E-state index contributed by atoms with van der Waals surface area (Å²) in [4.78, 5) is 38.1. The molecule has 18 rings (SSSR count). The molecule has 7 saturated heterocycles. The van der Waals surface area contributed by atoms with Crippen molar-refractivity contribution in [2.75, 3.05) is 72.0 Å². The van der Waals surface area contributed by atoms with Gasteiger partial charge in [-0.2, -0.15) is 19.3 Å². The van der Waals surface area contributed by atoms with E-state index in [9.17, 15) is 19.5 Å². The molecule has 3 aromatic carbocycles. The molecule has 0 radical (unpaired) electrons. The van der Waals surface area contributed by atoms with Crippen LogP contribution in [0.1, 0.15) is 27.7 Å². The van der Waals surface area contributed by atoms with Gasteiger partial charge in [0.25, 0.3) is 0 Å². The van der Waals surface area contributed by atoms with Crippen LogP contribution in [-0.4, -0.2) is 261 Å². The summed E-state index contributed by atoms with van der Waals surface area (Å²) in [6, 6.07) is 40.8. The highest BCUT2D eigenvalue weighted by Crippen LogP contribution is 2.42. The van der Waals surface area contributed by atoms with Crippen molar-refractivity contribution in [3.63, 3.8) is 0 Å². The number of halogens is 4. The highest BCUT2D eigenvalue weighted by molar-refractivity contribution is 9.10. The van der Waals surface area contributed by atoms with Crippen LogP contribution < -0.4 is 19.7 Å². The van der Waals surface area contributed by atoms with Gasteiger partial charge in [-0.15, -0.1) is 0 Å². The summed E-state index contributed by atoms with van der Waals surface area (Å²) in [6.07, 6.45) is 0.967. The molecule has 7 aliphatic heterocycles. The molecule has 7 fully saturated rings. The van der Waals surface area contributed by atoms with Gasteiger partial charge < -0.3 is 81.5 Å². The van der Waals surface area contributed by atoms with Crippen molar-refractivity contribution >= 4 is 136 Å². The third-order valence-corrected chi connectivity index (χ3v) is 30.8. The van der Waals surface area contributed by atoms with Gasteiger partial charge in [0.2, 0.25) is 0 Å². The molecule has 129 heavy (non-hydrogen) atoms. The molecule has 30 nitrogen and oxygen atoms in total. The molecule has 3 N–H and O–H groups in total. The summed E-state index contributed by atoms with van der Waals surface area (Å²) in [5, 5.41) is 31.9. The van der Waals surface area contributed by atoms with Crippen LogP contribution >= 0.6 is 50.7 Å². The molecule has 0 amide bonds. The lowest BCUT2D eigenvalue weighted by Gasteiger charge is -2.32. The lowest BCUT2D eigenvalue weighted by Crippen LogP contribution is -2.41. The van der Waals surface area contributed by atoms with Crippen LogP contribution in [0.5, 0.6) is 18.0 Å². The van der Waals surface area contributed by atoms with Crippen molar-refractivity contribution < 1.29 is 85.7 Å². The lowest BCUT2D eigenvalue weighted by atomic mass is 9.79. The van der Waals surface area contributed by atoms with Crippen molar-refractivity contribution in [1.82, 2.24) is 53.6 Å². The fourth-order valence-corrected chi connectivity index (χ4v) is 19.6. The fraction of sp³-hybridized carbons (Fsp3) is 0.489. The van der Waals surface area contributed by atoms with Gasteiger partial charge >= 0.3 is 25.1 Å². The minimum absolute atomic E-state index is 0.202. The van der Waals surface area contributed by atoms with Crippen molar-refractivity contribution in [3.8, 4) is 74.3 Å². The van der Waals surface area contributed by atoms with E-state index in [4.69, 9.17) is 131 Å². The first-order chi connectivity index (χ1) is 61.2. The standard InChI is InChI=1S/C31H38ClN5O6SSi.C30H41BClN3O7Si.C29H32BrClN4O5Si/c1-44(2,39)36-21-10-11-23(33-15-21)19-6-8-20(9-7-19)27-22(32)14-24-30(35-27)37(18-40-12-13-45(3,4)5)31(34-24)43-26-17-42-28-25(38)16-41-29(26)28;1-29(2)30(3,4)42-31(41-29)19-10-8-18(9-11-19)24-20(32)14-21-27(34-24)35(17-37-12-13-43(5,6)7)28(33-21)40-23-16-39-25-22(36)15-38-26(23)25;1-41(2,3)11-10-37-16-35-28-22(33-29(35)40-24-15-39-26-23(36)14-38-27(24)26)12-20(31)25(34-28)18-6-4-17(5-7-18)21-9-8-19(30)13-32-21/h6-11,14-15,25-26,28-29,38H,12-13,16-18H2,1-5H3;8-11,14,22-23,25-26,36H,12-13,15-17H2,1-7H3;4-9,12-13,23-24,26-27,36H,10-11,14-16H2,1-3H3/t25-,26-,28-,29-;22-,23-,25-,26-;23-,24-,26-,27-/m111/s1. The van der Waals surface area contributed by atoms with E-state index in [2.05, 4.69) is 89.2 Å². The summed E-state index contributed by atoms with van der Waals surface area (Å²) >= 11 is 23.7. The van der Waals surface area contributed by atoms with Crippen molar-refractivity contribution in [3.05, 3.63) is 147 Å². The molecule has 39 heteroatoms. The minimum atomic E-state index is -2.26. The summed E-state index contributed by atoms with van der Waals surface area (Å²) in [5.41, 5.74) is 12.1. The highest BCUT2D eigenvalue weighted by atomic mass is 79.9. The van der Waals surface area contributed by atoms with E-state index < -0.39 is 107 Å². The summed E-state index contributed by atoms with van der Waals surface area (Å²) in [5.74, 6) is 0. The number of fused-ring (bicyclic) bond motifs is 6. The van der Waals surface area contributed by atoms with Crippen molar-refractivity contribution in [2.45, 2.75) is 209 Å².